The van der Waals surface area contributed by atoms with E-state index in [-0.39, 0.29) is 5.75 Å². The van der Waals surface area contributed by atoms with Gasteiger partial charge >= 0.3 is 0 Å². The highest BCUT2D eigenvalue weighted by molar-refractivity contribution is 9.10. The largest absolute Gasteiger partial charge is 0.494 e. The summed E-state index contributed by atoms with van der Waals surface area (Å²) < 4.78 is 31.8. The summed E-state index contributed by atoms with van der Waals surface area (Å²) in [6.07, 6.45) is -1.05. The van der Waals surface area contributed by atoms with Gasteiger partial charge in [-0.15, -0.1) is 0 Å². The van der Waals surface area contributed by atoms with Crippen LogP contribution in [0.1, 0.15) is 17.2 Å². The molecule has 19 heavy (non-hydrogen) atoms. The van der Waals surface area contributed by atoms with Gasteiger partial charge in [-0.2, -0.15) is 0 Å². The molecule has 0 aliphatic carbocycles. The SMILES string of the molecule is COc1ccc(C(O)c2ccc(F)cc2Br)cc1F. The first kappa shape index (κ1) is 14.0. The van der Waals surface area contributed by atoms with Crippen LogP contribution in [0, 0.1) is 11.6 Å². The summed E-state index contributed by atoms with van der Waals surface area (Å²) in [7, 11) is 1.37. The van der Waals surface area contributed by atoms with Gasteiger partial charge in [0.15, 0.2) is 11.6 Å². The molecule has 0 aliphatic rings. The molecule has 2 rings (SSSR count). The fourth-order valence-electron chi connectivity index (χ4n) is 1.76. The van der Waals surface area contributed by atoms with E-state index in [0.29, 0.717) is 15.6 Å². The fraction of sp³-hybridized carbons (Fsp3) is 0.143. The number of ether oxygens (including phenoxy) is 1. The molecule has 0 saturated carbocycles. The zero-order valence-electron chi connectivity index (χ0n) is 10.0. The minimum atomic E-state index is -1.05. The van der Waals surface area contributed by atoms with Crippen molar-refractivity contribution in [3.8, 4) is 5.75 Å². The maximum atomic E-state index is 13.6. The van der Waals surface area contributed by atoms with E-state index in [9.17, 15) is 13.9 Å². The van der Waals surface area contributed by atoms with Crippen molar-refractivity contribution < 1.29 is 18.6 Å². The van der Waals surface area contributed by atoms with Gasteiger partial charge in [0, 0.05) is 4.47 Å². The molecular weight excluding hydrogens is 318 g/mol. The van der Waals surface area contributed by atoms with Gasteiger partial charge in [-0.3, -0.25) is 0 Å². The van der Waals surface area contributed by atoms with Crippen molar-refractivity contribution >= 4 is 15.9 Å². The first-order chi connectivity index (χ1) is 9.02. The van der Waals surface area contributed by atoms with Crippen molar-refractivity contribution in [2.45, 2.75) is 6.10 Å². The Kier molecular flexibility index (Phi) is 4.17. The second-order valence-electron chi connectivity index (χ2n) is 3.96. The molecule has 0 radical (unpaired) electrons. The smallest absolute Gasteiger partial charge is 0.165 e. The number of aliphatic hydroxyl groups excluding tert-OH is 1. The van der Waals surface area contributed by atoms with Gasteiger partial charge in [0.2, 0.25) is 0 Å². The molecule has 0 fully saturated rings. The van der Waals surface area contributed by atoms with Crippen molar-refractivity contribution in [3.05, 3.63) is 63.6 Å². The van der Waals surface area contributed by atoms with Crippen LogP contribution in [0.5, 0.6) is 5.75 Å². The zero-order valence-corrected chi connectivity index (χ0v) is 11.6. The van der Waals surface area contributed by atoms with Crippen molar-refractivity contribution in [1.29, 1.82) is 0 Å². The molecule has 2 aromatic rings. The van der Waals surface area contributed by atoms with Crippen LogP contribution in [0.15, 0.2) is 40.9 Å². The lowest BCUT2D eigenvalue weighted by atomic mass is 10.0. The van der Waals surface area contributed by atoms with E-state index in [0.717, 1.165) is 0 Å². The first-order valence-electron chi connectivity index (χ1n) is 5.49. The predicted molar refractivity (Wildman–Crippen MR) is 71.1 cm³/mol. The summed E-state index contributed by atoms with van der Waals surface area (Å²) in [5, 5.41) is 10.2. The minimum absolute atomic E-state index is 0.106. The average Bonchev–Trinajstić information content (AvgIpc) is 2.38. The van der Waals surface area contributed by atoms with E-state index in [1.54, 1.807) is 6.07 Å². The molecule has 0 aliphatic heterocycles. The molecule has 100 valence electrons. The summed E-state index contributed by atoms with van der Waals surface area (Å²) in [6.45, 7) is 0. The van der Waals surface area contributed by atoms with Crippen molar-refractivity contribution in [3.63, 3.8) is 0 Å². The highest BCUT2D eigenvalue weighted by atomic mass is 79.9. The van der Waals surface area contributed by atoms with Gasteiger partial charge in [-0.25, -0.2) is 8.78 Å². The lowest BCUT2D eigenvalue weighted by molar-refractivity contribution is 0.218. The molecule has 2 aromatic carbocycles. The predicted octanol–water partition coefficient (Wildman–Crippen LogP) is 3.82. The first-order valence-corrected chi connectivity index (χ1v) is 6.28. The van der Waals surface area contributed by atoms with E-state index < -0.39 is 17.7 Å². The van der Waals surface area contributed by atoms with Gasteiger partial charge in [0.25, 0.3) is 0 Å². The number of aliphatic hydroxyl groups is 1. The molecule has 0 spiro atoms. The molecule has 0 amide bonds. The maximum Gasteiger partial charge on any atom is 0.165 e. The number of rotatable bonds is 3. The molecular formula is C14H11BrF2O2. The van der Waals surface area contributed by atoms with Gasteiger partial charge in [0.05, 0.1) is 7.11 Å². The van der Waals surface area contributed by atoms with Crippen molar-refractivity contribution in [1.82, 2.24) is 0 Å². The minimum Gasteiger partial charge on any atom is -0.494 e. The quantitative estimate of drug-likeness (QED) is 0.928. The molecule has 1 unspecified atom stereocenters. The normalized spacial score (nSPS) is 12.3. The summed E-state index contributed by atoms with van der Waals surface area (Å²) in [6, 6.07) is 8.13. The van der Waals surface area contributed by atoms with E-state index in [1.807, 2.05) is 0 Å². The molecule has 0 saturated heterocycles. The van der Waals surface area contributed by atoms with Crippen LogP contribution in [-0.2, 0) is 0 Å². The summed E-state index contributed by atoms with van der Waals surface area (Å²) >= 11 is 3.17. The highest BCUT2D eigenvalue weighted by Gasteiger charge is 2.16. The molecule has 0 aromatic heterocycles. The molecule has 0 heterocycles. The average molecular weight is 329 g/mol. The standard InChI is InChI=1S/C14H11BrF2O2/c1-19-13-5-2-8(6-12(13)17)14(18)10-4-3-9(16)7-11(10)15/h2-7,14,18H,1H3. The Hall–Kier alpha value is -1.46. The van der Waals surface area contributed by atoms with Crippen LogP contribution in [0.4, 0.5) is 8.78 Å². The van der Waals surface area contributed by atoms with Crippen LogP contribution in [0.2, 0.25) is 0 Å². The fourth-order valence-corrected chi connectivity index (χ4v) is 2.32. The molecule has 5 heteroatoms. The number of methoxy groups -OCH3 is 1. The third-order valence-corrected chi connectivity index (χ3v) is 3.44. The van der Waals surface area contributed by atoms with Crippen LogP contribution >= 0.6 is 15.9 Å². The molecule has 1 atom stereocenters. The zero-order chi connectivity index (χ0) is 14.0. The summed E-state index contributed by atoms with van der Waals surface area (Å²) in [4.78, 5) is 0. The van der Waals surface area contributed by atoms with E-state index in [4.69, 9.17) is 4.74 Å². The highest BCUT2D eigenvalue weighted by Crippen LogP contribution is 2.31. The van der Waals surface area contributed by atoms with Gasteiger partial charge in [-0.1, -0.05) is 28.1 Å². The Morgan fingerprint density at radius 1 is 1.16 bits per heavy atom. The Balaban J connectivity index is 2.38. The third kappa shape index (κ3) is 2.93. The molecule has 0 bridgehead atoms. The van der Waals surface area contributed by atoms with Gasteiger partial charge in [0.1, 0.15) is 11.9 Å². The number of hydrogen-bond acceptors (Lipinski definition) is 2. The van der Waals surface area contributed by atoms with Crippen LogP contribution in [-0.4, -0.2) is 12.2 Å². The third-order valence-electron chi connectivity index (χ3n) is 2.75. The van der Waals surface area contributed by atoms with E-state index in [2.05, 4.69) is 15.9 Å². The maximum absolute atomic E-state index is 13.6. The molecule has 2 nitrogen and oxygen atoms in total. The van der Waals surface area contributed by atoms with Crippen LogP contribution in [0.25, 0.3) is 0 Å². The second-order valence-corrected chi connectivity index (χ2v) is 4.82. The number of hydrogen-bond donors (Lipinski definition) is 1. The Morgan fingerprint density at radius 2 is 1.89 bits per heavy atom. The lowest BCUT2D eigenvalue weighted by Gasteiger charge is -2.14. The van der Waals surface area contributed by atoms with Gasteiger partial charge < -0.3 is 9.84 Å². The topological polar surface area (TPSA) is 29.5 Å². The van der Waals surface area contributed by atoms with Crippen LogP contribution < -0.4 is 4.74 Å². The summed E-state index contributed by atoms with van der Waals surface area (Å²) in [5.41, 5.74) is 0.830. The Bertz CT molecular complexity index is 602. The van der Waals surface area contributed by atoms with E-state index >= 15 is 0 Å². The van der Waals surface area contributed by atoms with Crippen molar-refractivity contribution in [2.24, 2.45) is 0 Å². The second kappa shape index (κ2) is 5.67. The van der Waals surface area contributed by atoms with Crippen LogP contribution in [0.3, 0.4) is 0 Å². The lowest BCUT2D eigenvalue weighted by Crippen LogP contribution is -2.02. The number of benzene rings is 2. The summed E-state index contributed by atoms with van der Waals surface area (Å²) in [5.74, 6) is -0.866. The Labute approximate surface area is 117 Å². The van der Waals surface area contributed by atoms with Crippen molar-refractivity contribution in [2.75, 3.05) is 7.11 Å². The Morgan fingerprint density at radius 3 is 2.47 bits per heavy atom. The van der Waals surface area contributed by atoms with E-state index in [1.165, 1.54) is 37.4 Å². The number of halogens is 3. The van der Waals surface area contributed by atoms with Gasteiger partial charge in [-0.05, 0) is 35.4 Å². The molecule has 1 N–H and O–H groups in total. The monoisotopic (exact) mass is 328 g/mol.